The average Bonchev–Trinajstić information content (AvgIpc) is 2.65. The number of para-hydroxylation sites is 1. The Morgan fingerprint density at radius 3 is 2.58 bits per heavy atom. The monoisotopic (exact) mass is 377 g/mol. The minimum absolute atomic E-state index is 0. The second kappa shape index (κ2) is 12.2. The van der Waals surface area contributed by atoms with Crippen LogP contribution in [-0.4, -0.2) is 26.9 Å². The molecule has 0 amide bonds. The normalized spacial score (nSPS) is 9.92. The van der Waals surface area contributed by atoms with E-state index in [1.54, 1.807) is 13.2 Å². The molecule has 0 aliphatic carbocycles. The van der Waals surface area contributed by atoms with Gasteiger partial charge >= 0.3 is 0 Å². The van der Waals surface area contributed by atoms with Gasteiger partial charge in [0.15, 0.2) is 11.5 Å². The van der Waals surface area contributed by atoms with Crippen LogP contribution >= 0.6 is 12.4 Å². The fraction of sp³-hybridized carbons (Fsp3) is 0.333. The number of nitrogens with one attached hydrogen (secondary N) is 1. The molecule has 0 bridgehead atoms. The Morgan fingerprint density at radius 1 is 1.04 bits per heavy atom. The summed E-state index contributed by atoms with van der Waals surface area (Å²) in [5.41, 5.74) is 2.37. The van der Waals surface area contributed by atoms with Crippen molar-refractivity contribution in [2.45, 2.75) is 19.9 Å². The van der Waals surface area contributed by atoms with Crippen LogP contribution in [0.2, 0.25) is 0 Å². The lowest BCUT2D eigenvalue weighted by Gasteiger charge is -2.13. The lowest BCUT2D eigenvalue weighted by atomic mass is 10.1. The summed E-state index contributed by atoms with van der Waals surface area (Å²) in [6.07, 6.45) is 2.64. The minimum atomic E-state index is 0. The van der Waals surface area contributed by atoms with Crippen LogP contribution in [0.5, 0.6) is 17.2 Å². The molecule has 0 atom stereocenters. The van der Waals surface area contributed by atoms with E-state index in [0.717, 1.165) is 42.3 Å². The highest BCUT2D eigenvalue weighted by atomic mass is 35.5. The number of hydrogen-bond acceptors (Lipinski definition) is 4. The molecule has 0 saturated heterocycles. The van der Waals surface area contributed by atoms with Crippen LogP contribution in [-0.2, 0) is 13.0 Å². The van der Waals surface area contributed by atoms with Gasteiger partial charge in [0.1, 0.15) is 12.4 Å². The predicted octanol–water partition coefficient (Wildman–Crippen LogP) is 4.41. The molecule has 0 unspecified atom stereocenters. The lowest BCUT2D eigenvalue weighted by Crippen LogP contribution is -2.17. The molecule has 0 aliphatic heterocycles. The number of methoxy groups -OCH3 is 1. The van der Waals surface area contributed by atoms with E-state index in [0.29, 0.717) is 13.2 Å². The van der Waals surface area contributed by atoms with Gasteiger partial charge in [0, 0.05) is 6.54 Å². The zero-order valence-electron chi connectivity index (χ0n) is 15.5. The van der Waals surface area contributed by atoms with Crippen molar-refractivity contribution in [1.29, 1.82) is 0 Å². The fourth-order valence-electron chi connectivity index (χ4n) is 2.56. The lowest BCUT2D eigenvalue weighted by molar-refractivity contribution is 0.296. The third kappa shape index (κ3) is 6.62. The van der Waals surface area contributed by atoms with Crippen LogP contribution in [0.1, 0.15) is 18.1 Å². The standard InChI is InChI=1S/C21H27NO3.ClH/c1-4-14-25-20-11-10-17(15-21(20)24-5-2)16-22-13-12-18-8-6-7-9-19(18)23-3;/h4,6-11,15,22H,1,5,12-14,16H2,2-3H3;1H. The second-order valence-electron chi connectivity index (χ2n) is 5.55. The largest absolute Gasteiger partial charge is 0.496 e. The van der Waals surface area contributed by atoms with Gasteiger partial charge in [-0.05, 0) is 49.2 Å². The first-order valence-electron chi connectivity index (χ1n) is 8.60. The molecule has 26 heavy (non-hydrogen) atoms. The van der Waals surface area contributed by atoms with Crippen LogP contribution in [0.3, 0.4) is 0 Å². The molecule has 0 heterocycles. The van der Waals surface area contributed by atoms with Gasteiger partial charge in [-0.3, -0.25) is 0 Å². The SMILES string of the molecule is C=CCOc1ccc(CNCCc2ccccc2OC)cc1OCC.Cl. The van der Waals surface area contributed by atoms with Gasteiger partial charge in [-0.1, -0.05) is 36.9 Å². The summed E-state index contributed by atoms with van der Waals surface area (Å²) in [5.74, 6) is 2.46. The molecular weight excluding hydrogens is 350 g/mol. The Kier molecular flexibility index (Phi) is 10.3. The first-order valence-corrected chi connectivity index (χ1v) is 8.60. The summed E-state index contributed by atoms with van der Waals surface area (Å²) in [6, 6.07) is 14.1. The Morgan fingerprint density at radius 2 is 1.85 bits per heavy atom. The maximum atomic E-state index is 5.68. The topological polar surface area (TPSA) is 39.7 Å². The van der Waals surface area contributed by atoms with Crippen LogP contribution in [0, 0.1) is 0 Å². The highest BCUT2D eigenvalue weighted by Gasteiger charge is 2.06. The summed E-state index contributed by atoms with van der Waals surface area (Å²) in [5, 5.41) is 3.47. The number of hydrogen-bond donors (Lipinski definition) is 1. The van der Waals surface area contributed by atoms with Crippen molar-refractivity contribution in [2.75, 3.05) is 26.9 Å². The summed E-state index contributed by atoms with van der Waals surface area (Å²) >= 11 is 0. The molecule has 2 aromatic carbocycles. The van der Waals surface area contributed by atoms with Crippen molar-refractivity contribution in [1.82, 2.24) is 5.32 Å². The van der Waals surface area contributed by atoms with Crippen molar-refractivity contribution in [2.24, 2.45) is 0 Å². The number of benzene rings is 2. The molecule has 2 aromatic rings. The van der Waals surface area contributed by atoms with E-state index in [4.69, 9.17) is 14.2 Å². The van der Waals surface area contributed by atoms with Crippen LogP contribution in [0.4, 0.5) is 0 Å². The summed E-state index contributed by atoms with van der Waals surface area (Å²) in [4.78, 5) is 0. The van der Waals surface area contributed by atoms with Crippen LogP contribution in [0.15, 0.2) is 55.1 Å². The predicted molar refractivity (Wildman–Crippen MR) is 109 cm³/mol. The molecule has 2 rings (SSSR count). The van der Waals surface area contributed by atoms with E-state index in [9.17, 15) is 0 Å². The van der Waals surface area contributed by atoms with Crippen LogP contribution < -0.4 is 19.5 Å². The van der Waals surface area contributed by atoms with Crippen molar-refractivity contribution in [3.63, 3.8) is 0 Å². The van der Waals surface area contributed by atoms with Crippen molar-refractivity contribution >= 4 is 12.4 Å². The Balaban J connectivity index is 0.00000338. The molecule has 0 spiro atoms. The smallest absolute Gasteiger partial charge is 0.161 e. The Hall–Kier alpha value is -2.17. The molecule has 0 radical (unpaired) electrons. The number of halogens is 1. The van der Waals surface area contributed by atoms with E-state index in [-0.39, 0.29) is 12.4 Å². The highest BCUT2D eigenvalue weighted by molar-refractivity contribution is 5.85. The van der Waals surface area contributed by atoms with Crippen molar-refractivity contribution < 1.29 is 14.2 Å². The van der Waals surface area contributed by atoms with Gasteiger partial charge < -0.3 is 19.5 Å². The zero-order chi connectivity index (χ0) is 17.9. The van der Waals surface area contributed by atoms with E-state index >= 15 is 0 Å². The molecule has 0 aliphatic rings. The Bertz CT molecular complexity index is 676. The van der Waals surface area contributed by atoms with Gasteiger partial charge in [-0.15, -0.1) is 12.4 Å². The van der Waals surface area contributed by atoms with E-state index < -0.39 is 0 Å². The van der Waals surface area contributed by atoms with Gasteiger partial charge in [-0.2, -0.15) is 0 Å². The van der Waals surface area contributed by atoms with Crippen molar-refractivity contribution in [3.8, 4) is 17.2 Å². The van der Waals surface area contributed by atoms with Gasteiger partial charge in [0.25, 0.3) is 0 Å². The number of ether oxygens (including phenoxy) is 3. The van der Waals surface area contributed by atoms with Gasteiger partial charge in [0.05, 0.1) is 13.7 Å². The molecule has 142 valence electrons. The van der Waals surface area contributed by atoms with Crippen LogP contribution in [0.25, 0.3) is 0 Å². The first kappa shape index (κ1) is 21.9. The third-order valence-electron chi connectivity index (χ3n) is 3.76. The minimum Gasteiger partial charge on any atom is -0.496 e. The molecule has 1 N–H and O–H groups in total. The molecule has 0 saturated carbocycles. The summed E-state index contributed by atoms with van der Waals surface area (Å²) < 4.78 is 16.7. The van der Waals surface area contributed by atoms with Gasteiger partial charge in [0.2, 0.25) is 0 Å². The summed E-state index contributed by atoms with van der Waals surface area (Å²) in [6.45, 7) is 8.36. The van der Waals surface area contributed by atoms with Gasteiger partial charge in [-0.25, -0.2) is 0 Å². The third-order valence-corrected chi connectivity index (χ3v) is 3.76. The molecule has 5 heteroatoms. The maximum absolute atomic E-state index is 5.68. The Labute approximate surface area is 162 Å². The molecule has 0 aromatic heterocycles. The fourth-order valence-corrected chi connectivity index (χ4v) is 2.56. The average molecular weight is 378 g/mol. The quantitative estimate of drug-likeness (QED) is 0.465. The van der Waals surface area contributed by atoms with E-state index in [1.165, 1.54) is 5.56 Å². The summed E-state index contributed by atoms with van der Waals surface area (Å²) in [7, 11) is 1.71. The van der Waals surface area contributed by atoms with E-state index in [2.05, 4.69) is 24.0 Å². The molecule has 0 fully saturated rings. The zero-order valence-corrected chi connectivity index (χ0v) is 16.3. The number of rotatable bonds is 11. The second-order valence-corrected chi connectivity index (χ2v) is 5.55. The first-order chi connectivity index (χ1) is 12.3. The van der Waals surface area contributed by atoms with E-state index in [1.807, 2.05) is 37.3 Å². The molecule has 4 nitrogen and oxygen atoms in total. The maximum Gasteiger partial charge on any atom is 0.161 e. The highest BCUT2D eigenvalue weighted by Crippen LogP contribution is 2.28. The molecular formula is C21H28ClNO3. The van der Waals surface area contributed by atoms with Crippen molar-refractivity contribution in [3.05, 3.63) is 66.2 Å².